The van der Waals surface area contributed by atoms with E-state index in [1.807, 2.05) is 6.07 Å². The maximum absolute atomic E-state index is 12.9. The van der Waals surface area contributed by atoms with E-state index in [4.69, 9.17) is 17.3 Å². The second kappa shape index (κ2) is 8.19. The van der Waals surface area contributed by atoms with Crippen LogP contribution in [-0.2, 0) is 23.8 Å². The minimum Gasteiger partial charge on any atom is -0.398 e. The minimum absolute atomic E-state index is 0.0304. The number of nitrogens with zero attached hydrogens (tertiary/aromatic N) is 2. The first kappa shape index (κ1) is 21.1. The molecule has 0 amide bonds. The van der Waals surface area contributed by atoms with Crippen LogP contribution in [-0.4, -0.2) is 16.3 Å². The van der Waals surface area contributed by atoms with Gasteiger partial charge < -0.3 is 15.8 Å². The Labute approximate surface area is 181 Å². The maximum atomic E-state index is 12.9. The zero-order valence-corrected chi connectivity index (χ0v) is 17.0. The first-order valence-corrected chi connectivity index (χ1v) is 9.95. The van der Waals surface area contributed by atoms with Crippen LogP contribution in [0, 0.1) is 5.92 Å². The van der Waals surface area contributed by atoms with Gasteiger partial charge in [-0.1, -0.05) is 17.7 Å². The van der Waals surface area contributed by atoms with E-state index in [-0.39, 0.29) is 11.6 Å². The number of aldehydes is 1. The molecule has 1 aliphatic rings. The lowest BCUT2D eigenvalue weighted by Crippen LogP contribution is -2.17. The number of benzene rings is 2. The fourth-order valence-corrected chi connectivity index (χ4v) is 4.05. The summed E-state index contributed by atoms with van der Waals surface area (Å²) >= 11 is 6.34. The van der Waals surface area contributed by atoms with Crippen LogP contribution in [0.2, 0.25) is 5.02 Å². The molecule has 9 heteroatoms. The number of nitrogens with one attached hydrogen (secondary N) is 1. The van der Waals surface area contributed by atoms with Crippen molar-refractivity contribution in [1.29, 1.82) is 0 Å². The minimum atomic E-state index is -4.47. The lowest BCUT2D eigenvalue weighted by Gasteiger charge is -2.24. The number of rotatable bonds is 4. The van der Waals surface area contributed by atoms with Crippen molar-refractivity contribution in [2.45, 2.75) is 25.4 Å². The number of alkyl halides is 3. The summed E-state index contributed by atoms with van der Waals surface area (Å²) in [6.07, 6.45) is -0.159. The first-order chi connectivity index (χ1) is 14.8. The molecule has 0 saturated carbocycles. The van der Waals surface area contributed by atoms with Gasteiger partial charge in [0, 0.05) is 33.9 Å². The number of halogens is 4. The summed E-state index contributed by atoms with van der Waals surface area (Å²) in [5, 5.41) is 3.88. The van der Waals surface area contributed by atoms with Crippen LogP contribution in [0.1, 0.15) is 23.1 Å². The molecule has 1 aliphatic carbocycles. The van der Waals surface area contributed by atoms with Crippen LogP contribution in [0.4, 0.5) is 30.4 Å². The Kier molecular flexibility index (Phi) is 5.58. The summed E-state index contributed by atoms with van der Waals surface area (Å²) in [6, 6.07) is 8.38. The number of aromatic nitrogens is 2. The van der Waals surface area contributed by atoms with Gasteiger partial charge in [0.25, 0.3) is 0 Å². The Hall–Kier alpha value is -3.13. The molecule has 1 heterocycles. The van der Waals surface area contributed by atoms with E-state index in [0.29, 0.717) is 34.9 Å². The SMILES string of the molecule is Nc1cc(C(F)(F)F)ccc1-c1cc(Nc2ccc(Cl)c3c2CC(C=O)CC3)ncn1. The Morgan fingerprint density at radius 2 is 1.94 bits per heavy atom. The molecule has 0 saturated heterocycles. The van der Waals surface area contributed by atoms with E-state index < -0.39 is 11.7 Å². The Morgan fingerprint density at radius 1 is 1.13 bits per heavy atom. The van der Waals surface area contributed by atoms with Crippen LogP contribution >= 0.6 is 11.6 Å². The van der Waals surface area contributed by atoms with E-state index in [2.05, 4.69) is 15.3 Å². The first-order valence-electron chi connectivity index (χ1n) is 9.58. The van der Waals surface area contributed by atoms with Gasteiger partial charge in [0.2, 0.25) is 0 Å². The molecule has 0 aliphatic heterocycles. The van der Waals surface area contributed by atoms with Gasteiger partial charge >= 0.3 is 6.18 Å². The van der Waals surface area contributed by atoms with Crippen molar-refractivity contribution in [3.05, 3.63) is 64.4 Å². The summed E-state index contributed by atoms with van der Waals surface area (Å²) in [4.78, 5) is 19.7. The molecule has 2 aromatic carbocycles. The highest BCUT2D eigenvalue weighted by Crippen LogP contribution is 2.37. The molecule has 3 N–H and O–H groups in total. The molecule has 31 heavy (non-hydrogen) atoms. The van der Waals surface area contributed by atoms with E-state index in [1.54, 1.807) is 12.1 Å². The average molecular weight is 447 g/mol. The smallest absolute Gasteiger partial charge is 0.398 e. The molecular weight excluding hydrogens is 429 g/mol. The van der Waals surface area contributed by atoms with E-state index in [0.717, 1.165) is 41.7 Å². The Balaban J connectivity index is 1.66. The van der Waals surface area contributed by atoms with Gasteiger partial charge in [-0.05, 0) is 54.7 Å². The van der Waals surface area contributed by atoms with Crippen molar-refractivity contribution in [2.75, 3.05) is 11.1 Å². The fourth-order valence-electron chi connectivity index (χ4n) is 3.78. The molecule has 160 valence electrons. The van der Waals surface area contributed by atoms with Crippen molar-refractivity contribution < 1.29 is 18.0 Å². The quantitative estimate of drug-likeness (QED) is 0.411. The van der Waals surface area contributed by atoms with Gasteiger partial charge in [-0.2, -0.15) is 13.2 Å². The normalized spacial score (nSPS) is 15.9. The monoisotopic (exact) mass is 446 g/mol. The summed E-state index contributed by atoms with van der Waals surface area (Å²) in [5.74, 6) is 0.376. The number of carbonyl (C=O) groups excluding carboxylic acids is 1. The highest BCUT2D eigenvalue weighted by molar-refractivity contribution is 6.31. The molecular formula is C22H18ClF3N4O. The largest absolute Gasteiger partial charge is 0.416 e. The van der Waals surface area contributed by atoms with Gasteiger partial charge in [0.1, 0.15) is 18.4 Å². The highest BCUT2D eigenvalue weighted by Gasteiger charge is 2.31. The second-order valence-corrected chi connectivity index (χ2v) is 7.81. The van der Waals surface area contributed by atoms with Crippen LogP contribution in [0.25, 0.3) is 11.3 Å². The summed E-state index contributed by atoms with van der Waals surface area (Å²) < 4.78 is 38.7. The second-order valence-electron chi connectivity index (χ2n) is 7.40. The molecule has 0 fully saturated rings. The van der Waals surface area contributed by atoms with Crippen molar-refractivity contribution in [1.82, 2.24) is 9.97 Å². The highest BCUT2D eigenvalue weighted by atomic mass is 35.5. The van der Waals surface area contributed by atoms with Gasteiger partial charge in [-0.25, -0.2) is 9.97 Å². The van der Waals surface area contributed by atoms with Gasteiger partial charge in [0.05, 0.1) is 11.3 Å². The molecule has 5 nitrogen and oxygen atoms in total. The summed E-state index contributed by atoms with van der Waals surface area (Å²) in [5.41, 5.74) is 8.51. The summed E-state index contributed by atoms with van der Waals surface area (Å²) in [7, 11) is 0. The zero-order chi connectivity index (χ0) is 22.2. The molecule has 3 aromatic rings. The van der Waals surface area contributed by atoms with Crippen molar-refractivity contribution in [3.8, 4) is 11.3 Å². The third-order valence-corrected chi connectivity index (χ3v) is 5.74. The molecule has 0 spiro atoms. The third-order valence-electron chi connectivity index (χ3n) is 5.38. The third kappa shape index (κ3) is 4.34. The van der Waals surface area contributed by atoms with Crippen LogP contribution in [0.5, 0.6) is 0 Å². The van der Waals surface area contributed by atoms with E-state index in [9.17, 15) is 18.0 Å². The van der Waals surface area contributed by atoms with Gasteiger partial charge in [-0.15, -0.1) is 0 Å². The predicted octanol–water partition coefficient (Wildman–Crippen LogP) is 5.45. The number of hydrogen-bond donors (Lipinski definition) is 2. The number of nitrogens with two attached hydrogens (primary N) is 1. The topological polar surface area (TPSA) is 80.9 Å². The number of hydrogen-bond acceptors (Lipinski definition) is 5. The molecule has 0 bridgehead atoms. The Morgan fingerprint density at radius 3 is 2.65 bits per heavy atom. The molecule has 0 radical (unpaired) electrons. The van der Waals surface area contributed by atoms with Gasteiger partial charge in [0.15, 0.2) is 0 Å². The van der Waals surface area contributed by atoms with E-state index in [1.165, 1.54) is 12.4 Å². The molecule has 1 aromatic heterocycles. The molecule has 1 atom stereocenters. The van der Waals surface area contributed by atoms with Crippen LogP contribution in [0.15, 0.2) is 42.7 Å². The predicted molar refractivity (Wildman–Crippen MR) is 113 cm³/mol. The van der Waals surface area contributed by atoms with Crippen molar-refractivity contribution >= 4 is 35.1 Å². The maximum Gasteiger partial charge on any atom is 0.416 e. The van der Waals surface area contributed by atoms with Gasteiger partial charge in [-0.3, -0.25) is 0 Å². The number of nitrogen functional groups attached to an aromatic ring is 1. The molecule has 4 rings (SSSR count). The fraction of sp³-hybridized carbons (Fsp3) is 0.227. The Bertz CT molecular complexity index is 1150. The average Bonchev–Trinajstić information content (AvgIpc) is 2.75. The van der Waals surface area contributed by atoms with Crippen LogP contribution in [0.3, 0.4) is 0 Å². The molecule has 1 unspecified atom stereocenters. The zero-order valence-electron chi connectivity index (χ0n) is 16.2. The standard InChI is InChI=1S/C22H18ClF3N4O/c23-17-5-6-19(16-7-12(10-31)1-3-14(16)17)30-21-9-20(28-11-29-21)15-4-2-13(8-18(15)27)22(24,25)26/h2,4-6,8-12H,1,3,7,27H2,(H,28,29,30). The van der Waals surface area contributed by atoms with E-state index >= 15 is 0 Å². The number of carbonyl (C=O) groups is 1. The summed E-state index contributed by atoms with van der Waals surface area (Å²) in [6.45, 7) is 0. The number of anilines is 3. The van der Waals surface area contributed by atoms with Crippen LogP contribution < -0.4 is 11.1 Å². The lowest BCUT2D eigenvalue weighted by molar-refractivity contribution is -0.137. The number of fused-ring (bicyclic) bond motifs is 1. The lowest BCUT2D eigenvalue weighted by atomic mass is 9.83. The van der Waals surface area contributed by atoms with Crippen molar-refractivity contribution in [2.24, 2.45) is 5.92 Å². The van der Waals surface area contributed by atoms with Crippen molar-refractivity contribution in [3.63, 3.8) is 0 Å².